The number of methoxy groups -OCH3 is 1. The molecule has 0 spiro atoms. The van der Waals surface area contributed by atoms with Gasteiger partial charge in [-0.1, -0.05) is 23.9 Å². The molecule has 1 unspecified atom stereocenters. The summed E-state index contributed by atoms with van der Waals surface area (Å²) in [6.45, 7) is 1.71. The standard InChI is InChI=1S/C27H23N5O6S/c1-16-24(26(34)31-20-6-3-4-7-21(20)37-2)25(22-8-5-13-38-22)19(14-28)27(29-16)39-15-23(33)30-17-9-11-18(12-10-17)32(35)36/h3-13,25,29H,15H2,1-2H3,(H,30,33)(H,31,34). The van der Waals surface area contributed by atoms with Gasteiger partial charge in [0.1, 0.15) is 11.5 Å². The number of nitro benzene ring substituents is 1. The zero-order valence-electron chi connectivity index (χ0n) is 20.9. The number of dihydropyridines is 1. The lowest BCUT2D eigenvalue weighted by molar-refractivity contribution is -0.384. The van der Waals surface area contributed by atoms with Gasteiger partial charge in [0.15, 0.2) is 0 Å². The van der Waals surface area contributed by atoms with Crippen LogP contribution in [0.2, 0.25) is 0 Å². The van der Waals surface area contributed by atoms with Gasteiger partial charge in [0.05, 0.1) is 57.9 Å². The van der Waals surface area contributed by atoms with Crippen molar-refractivity contribution in [3.8, 4) is 11.8 Å². The molecule has 0 saturated heterocycles. The van der Waals surface area contributed by atoms with Crippen molar-refractivity contribution in [1.82, 2.24) is 5.32 Å². The molecule has 2 amide bonds. The lowest BCUT2D eigenvalue weighted by Gasteiger charge is -2.28. The SMILES string of the molecule is COc1ccccc1NC(=O)C1=C(C)NC(SCC(=O)Nc2ccc([N+](=O)[O-])cc2)=C(C#N)C1c1ccco1. The number of non-ortho nitro benzene ring substituents is 1. The molecule has 3 N–H and O–H groups in total. The zero-order chi connectivity index (χ0) is 27.9. The van der Waals surface area contributed by atoms with E-state index in [2.05, 4.69) is 22.0 Å². The highest BCUT2D eigenvalue weighted by atomic mass is 32.2. The van der Waals surface area contributed by atoms with E-state index < -0.39 is 16.7 Å². The molecule has 0 radical (unpaired) electrons. The van der Waals surface area contributed by atoms with Gasteiger partial charge in [-0.15, -0.1) is 0 Å². The number of carbonyl (C=O) groups excluding carboxylic acids is 2. The lowest BCUT2D eigenvalue weighted by atomic mass is 9.85. The molecule has 1 aliphatic rings. The minimum Gasteiger partial charge on any atom is -0.495 e. The summed E-state index contributed by atoms with van der Waals surface area (Å²) in [7, 11) is 1.50. The van der Waals surface area contributed by atoms with Gasteiger partial charge < -0.3 is 25.1 Å². The minimum atomic E-state index is -0.818. The summed E-state index contributed by atoms with van der Waals surface area (Å²) in [5.41, 5.74) is 1.77. The van der Waals surface area contributed by atoms with Gasteiger partial charge in [-0.25, -0.2) is 0 Å². The molecule has 0 saturated carbocycles. The first-order valence-corrected chi connectivity index (χ1v) is 12.6. The number of nitrogens with zero attached hydrogens (tertiary/aromatic N) is 2. The number of ether oxygens (including phenoxy) is 1. The molecule has 0 bridgehead atoms. The molecule has 1 atom stereocenters. The molecule has 1 aromatic heterocycles. The zero-order valence-corrected chi connectivity index (χ0v) is 21.7. The van der Waals surface area contributed by atoms with Gasteiger partial charge >= 0.3 is 0 Å². The second-order valence-corrected chi connectivity index (χ2v) is 9.25. The van der Waals surface area contributed by atoms with E-state index >= 15 is 0 Å². The van der Waals surface area contributed by atoms with Crippen LogP contribution < -0.4 is 20.7 Å². The maximum absolute atomic E-state index is 13.5. The number of hydrogen-bond acceptors (Lipinski definition) is 9. The third kappa shape index (κ3) is 6.11. The fourth-order valence-electron chi connectivity index (χ4n) is 4.01. The van der Waals surface area contributed by atoms with Crippen molar-refractivity contribution in [3.63, 3.8) is 0 Å². The van der Waals surface area contributed by atoms with Crippen molar-refractivity contribution in [1.29, 1.82) is 5.26 Å². The van der Waals surface area contributed by atoms with Crippen molar-refractivity contribution in [2.45, 2.75) is 12.8 Å². The van der Waals surface area contributed by atoms with E-state index in [1.165, 1.54) is 37.6 Å². The van der Waals surface area contributed by atoms with E-state index in [1.807, 2.05) is 0 Å². The fraction of sp³-hybridized carbons (Fsp3) is 0.148. The van der Waals surface area contributed by atoms with E-state index in [9.17, 15) is 25.0 Å². The Morgan fingerprint density at radius 1 is 1.15 bits per heavy atom. The summed E-state index contributed by atoms with van der Waals surface area (Å²) in [6.07, 6.45) is 1.46. The average molecular weight is 546 g/mol. The number of amides is 2. The van der Waals surface area contributed by atoms with Crippen LogP contribution in [0.4, 0.5) is 17.1 Å². The van der Waals surface area contributed by atoms with Crippen LogP contribution in [-0.4, -0.2) is 29.6 Å². The number of carbonyl (C=O) groups is 2. The quantitative estimate of drug-likeness (QED) is 0.251. The maximum atomic E-state index is 13.5. The number of thioether (sulfide) groups is 1. The highest BCUT2D eigenvalue weighted by molar-refractivity contribution is 8.03. The monoisotopic (exact) mass is 545 g/mol. The van der Waals surface area contributed by atoms with Crippen LogP contribution in [0.25, 0.3) is 0 Å². The van der Waals surface area contributed by atoms with Gasteiger partial charge in [0, 0.05) is 23.5 Å². The Bertz CT molecular complexity index is 1510. The van der Waals surface area contributed by atoms with Crippen LogP contribution in [0, 0.1) is 21.4 Å². The molecule has 2 aromatic carbocycles. The highest BCUT2D eigenvalue weighted by Crippen LogP contribution is 2.41. The normalized spacial score (nSPS) is 14.7. The first-order valence-electron chi connectivity index (χ1n) is 11.6. The number of nitrogens with one attached hydrogen (secondary N) is 3. The summed E-state index contributed by atoms with van der Waals surface area (Å²) in [6, 6.07) is 18.0. The number of furan rings is 1. The molecule has 4 rings (SSSR count). The van der Waals surface area contributed by atoms with Gasteiger partial charge in [-0.05, 0) is 43.3 Å². The van der Waals surface area contributed by atoms with Crippen LogP contribution in [0.15, 0.2) is 93.2 Å². The summed E-state index contributed by atoms with van der Waals surface area (Å²) in [5.74, 6) is -0.832. The molecular formula is C27H23N5O6S. The number of nitro groups is 1. The average Bonchev–Trinajstić information content (AvgIpc) is 3.46. The predicted molar refractivity (Wildman–Crippen MR) is 146 cm³/mol. The summed E-state index contributed by atoms with van der Waals surface area (Å²) < 4.78 is 11.0. The molecule has 198 valence electrons. The van der Waals surface area contributed by atoms with Crippen molar-refractivity contribution >= 4 is 40.6 Å². The second kappa shape index (κ2) is 12.0. The Morgan fingerprint density at radius 2 is 1.90 bits per heavy atom. The number of hydrogen-bond donors (Lipinski definition) is 3. The maximum Gasteiger partial charge on any atom is 0.269 e. The van der Waals surface area contributed by atoms with E-state index in [-0.39, 0.29) is 28.5 Å². The molecule has 11 nitrogen and oxygen atoms in total. The molecule has 3 aromatic rings. The van der Waals surface area contributed by atoms with Crippen molar-refractivity contribution < 1.29 is 23.7 Å². The second-order valence-electron chi connectivity index (χ2n) is 8.26. The molecule has 0 fully saturated rings. The first kappa shape index (κ1) is 27.0. The molecule has 2 heterocycles. The van der Waals surface area contributed by atoms with Crippen LogP contribution in [0.1, 0.15) is 18.6 Å². The van der Waals surface area contributed by atoms with Gasteiger partial charge in [-0.3, -0.25) is 19.7 Å². The highest BCUT2D eigenvalue weighted by Gasteiger charge is 2.36. The fourth-order valence-corrected chi connectivity index (χ4v) is 4.90. The van der Waals surface area contributed by atoms with Crippen LogP contribution >= 0.6 is 11.8 Å². The summed E-state index contributed by atoms with van der Waals surface area (Å²) in [5, 5.41) is 30.0. The topological polar surface area (TPSA) is 160 Å². The largest absolute Gasteiger partial charge is 0.495 e. The first-order chi connectivity index (χ1) is 18.8. The Labute approximate surface area is 227 Å². The molecule has 0 aliphatic carbocycles. The van der Waals surface area contributed by atoms with Gasteiger partial charge in [0.25, 0.3) is 11.6 Å². The number of para-hydroxylation sites is 2. The van der Waals surface area contributed by atoms with Crippen LogP contribution in [0.3, 0.4) is 0 Å². The Balaban J connectivity index is 1.56. The van der Waals surface area contributed by atoms with Crippen molar-refractivity contribution in [2.24, 2.45) is 0 Å². The molecular weight excluding hydrogens is 522 g/mol. The Morgan fingerprint density at radius 3 is 2.54 bits per heavy atom. The molecule has 1 aliphatic heterocycles. The molecule has 12 heteroatoms. The minimum absolute atomic E-state index is 0.0641. The lowest BCUT2D eigenvalue weighted by Crippen LogP contribution is -2.31. The van der Waals surface area contributed by atoms with Crippen molar-refractivity contribution in [2.75, 3.05) is 23.5 Å². The number of anilines is 2. The number of allylic oxidation sites excluding steroid dienone is 2. The van der Waals surface area contributed by atoms with Crippen LogP contribution in [0.5, 0.6) is 5.75 Å². The Hall–Kier alpha value is -5.02. The number of rotatable bonds is 9. The van der Waals surface area contributed by atoms with Crippen LogP contribution in [-0.2, 0) is 9.59 Å². The summed E-state index contributed by atoms with van der Waals surface area (Å²) >= 11 is 1.09. The Kier molecular flexibility index (Phi) is 8.33. The smallest absolute Gasteiger partial charge is 0.269 e. The van der Waals surface area contributed by atoms with Gasteiger partial charge in [0.2, 0.25) is 5.91 Å². The third-order valence-corrected chi connectivity index (χ3v) is 6.80. The van der Waals surface area contributed by atoms with E-state index in [0.717, 1.165) is 11.8 Å². The van der Waals surface area contributed by atoms with Gasteiger partial charge in [-0.2, -0.15) is 5.26 Å². The number of benzene rings is 2. The summed E-state index contributed by atoms with van der Waals surface area (Å²) in [4.78, 5) is 36.4. The van der Waals surface area contributed by atoms with E-state index in [0.29, 0.717) is 33.6 Å². The van der Waals surface area contributed by atoms with E-state index in [4.69, 9.17) is 9.15 Å². The predicted octanol–water partition coefficient (Wildman–Crippen LogP) is 4.90. The van der Waals surface area contributed by atoms with Crippen molar-refractivity contribution in [3.05, 3.63) is 105 Å². The number of nitriles is 1. The third-order valence-electron chi connectivity index (χ3n) is 5.78. The molecule has 39 heavy (non-hydrogen) atoms. The van der Waals surface area contributed by atoms with E-state index in [1.54, 1.807) is 43.3 Å².